The van der Waals surface area contributed by atoms with E-state index in [1.54, 1.807) is 36.8 Å². The molecule has 0 atom stereocenters. The number of rotatable bonds is 4. The third kappa shape index (κ3) is 3.58. The molecule has 7 nitrogen and oxygen atoms in total. The molecule has 4 aromatic rings. The van der Waals surface area contributed by atoms with E-state index < -0.39 is 0 Å². The van der Waals surface area contributed by atoms with E-state index in [-0.39, 0.29) is 11.5 Å². The minimum absolute atomic E-state index is 0.252. The Bertz CT molecular complexity index is 1160. The number of fused-ring (bicyclic) bond motifs is 1. The van der Waals surface area contributed by atoms with Gasteiger partial charge in [0.2, 0.25) is 5.78 Å². The van der Waals surface area contributed by atoms with Gasteiger partial charge in [-0.2, -0.15) is 4.98 Å². The molecule has 0 bridgehead atoms. The number of anilines is 1. The summed E-state index contributed by atoms with van der Waals surface area (Å²) in [4.78, 5) is 25.5. The van der Waals surface area contributed by atoms with Gasteiger partial charge >= 0.3 is 0 Å². The first kappa shape index (κ1) is 17.0. The van der Waals surface area contributed by atoms with E-state index in [2.05, 4.69) is 20.1 Å². The summed E-state index contributed by atoms with van der Waals surface area (Å²) in [5, 5.41) is 4.92. The predicted octanol–water partition coefficient (Wildman–Crippen LogP) is 3.53. The maximum absolute atomic E-state index is 12.4. The number of hydrogen-bond acceptors (Lipinski definition) is 4. The second kappa shape index (κ2) is 7.05. The van der Waals surface area contributed by atoms with Crippen molar-refractivity contribution < 1.29 is 0 Å². The number of H-pyrrole nitrogens is 1. The fraction of sp³-hybridized carbons (Fsp3) is 0.0526. The minimum atomic E-state index is -0.255. The van der Waals surface area contributed by atoms with Gasteiger partial charge in [0.05, 0.1) is 11.9 Å². The van der Waals surface area contributed by atoms with Crippen molar-refractivity contribution in [3.05, 3.63) is 76.2 Å². The second-order valence-corrected chi connectivity index (χ2v) is 6.31. The minimum Gasteiger partial charge on any atom is -0.335 e. The van der Waals surface area contributed by atoms with E-state index in [0.717, 1.165) is 11.3 Å². The highest BCUT2D eigenvalue weighted by Gasteiger charge is 2.09. The molecule has 0 spiro atoms. The Labute approximate surface area is 159 Å². The molecule has 4 rings (SSSR count). The number of aromatic nitrogens is 4. The highest BCUT2D eigenvalue weighted by atomic mass is 35.5. The smallest absolute Gasteiger partial charge is 0.271 e. The maximum Gasteiger partial charge on any atom is 0.271 e. The first-order chi connectivity index (χ1) is 13.1. The lowest BCUT2D eigenvalue weighted by atomic mass is 10.1. The molecule has 0 unspecified atom stereocenters. The Balaban J connectivity index is 1.65. The second-order valence-electron chi connectivity index (χ2n) is 5.87. The molecule has 8 heteroatoms. The van der Waals surface area contributed by atoms with Crippen LogP contribution in [0.15, 0.2) is 70.6 Å². The Morgan fingerprint density at radius 1 is 1.15 bits per heavy atom. The molecule has 0 saturated heterocycles. The molecule has 2 aromatic carbocycles. The molecule has 134 valence electrons. The molecule has 0 amide bonds. The Morgan fingerprint density at radius 2 is 1.89 bits per heavy atom. The quantitative estimate of drug-likeness (QED) is 0.435. The first-order valence-electron chi connectivity index (χ1n) is 8.18. The molecule has 0 radical (unpaired) electrons. The zero-order valence-electron chi connectivity index (χ0n) is 14.4. The number of halogens is 1. The molecule has 0 aliphatic rings. The number of para-hydroxylation sites is 1. The van der Waals surface area contributed by atoms with Crippen LogP contribution in [0.2, 0.25) is 5.02 Å². The number of benzene rings is 2. The first-order valence-corrected chi connectivity index (χ1v) is 8.56. The van der Waals surface area contributed by atoms with Crippen LogP contribution in [-0.4, -0.2) is 33.0 Å². The van der Waals surface area contributed by atoms with Crippen LogP contribution in [0.25, 0.3) is 16.9 Å². The number of nitrogens with one attached hydrogen (secondary N) is 1. The van der Waals surface area contributed by atoms with Crippen molar-refractivity contribution in [3.8, 4) is 11.1 Å². The fourth-order valence-electron chi connectivity index (χ4n) is 2.59. The summed E-state index contributed by atoms with van der Waals surface area (Å²) in [5.74, 6) is 0.578. The summed E-state index contributed by atoms with van der Waals surface area (Å²) >= 11 is 5.91. The molecular weight excluding hydrogens is 364 g/mol. The van der Waals surface area contributed by atoms with Crippen molar-refractivity contribution in [2.75, 3.05) is 11.9 Å². The molecule has 0 aliphatic carbocycles. The van der Waals surface area contributed by atoms with Gasteiger partial charge < -0.3 is 4.90 Å². The Morgan fingerprint density at radius 3 is 2.63 bits per heavy atom. The van der Waals surface area contributed by atoms with Crippen molar-refractivity contribution in [3.63, 3.8) is 0 Å². The molecule has 1 N–H and O–H groups in total. The molecule has 0 saturated carbocycles. The van der Waals surface area contributed by atoms with Crippen molar-refractivity contribution in [1.29, 1.82) is 0 Å². The lowest BCUT2D eigenvalue weighted by Crippen LogP contribution is -2.13. The highest BCUT2D eigenvalue weighted by molar-refractivity contribution is 6.30. The summed E-state index contributed by atoms with van der Waals surface area (Å²) < 4.78 is 1.50. The van der Waals surface area contributed by atoms with E-state index in [9.17, 15) is 4.79 Å². The van der Waals surface area contributed by atoms with Crippen LogP contribution >= 0.6 is 11.6 Å². The van der Waals surface area contributed by atoms with Crippen LogP contribution < -0.4 is 10.5 Å². The van der Waals surface area contributed by atoms with Crippen LogP contribution in [0.5, 0.6) is 0 Å². The van der Waals surface area contributed by atoms with Crippen LogP contribution in [0.1, 0.15) is 0 Å². The molecule has 2 aromatic heterocycles. The topological polar surface area (TPSA) is 78.7 Å². The van der Waals surface area contributed by atoms with Crippen LogP contribution in [0.3, 0.4) is 0 Å². The number of nitrogens with zero attached hydrogens (tertiary/aromatic N) is 5. The third-order valence-corrected chi connectivity index (χ3v) is 4.26. The molecule has 0 aliphatic heterocycles. The maximum atomic E-state index is 12.4. The molecule has 2 heterocycles. The summed E-state index contributed by atoms with van der Waals surface area (Å²) in [6.45, 7) is 0. The summed E-state index contributed by atoms with van der Waals surface area (Å²) in [7, 11) is 1.88. The zero-order valence-corrected chi connectivity index (χ0v) is 15.1. The molecule has 0 fully saturated rings. The number of hydrogen-bond donors (Lipinski definition) is 1. The largest absolute Gasteiger partial charge is 0.335 e. The molecule has 27 heavy (non-hydrogen) atoms. The van der Waals surface area contributed by atoms with Gasteiger partial charge in [0.15, 0.2) is 0 Å². The lowest BCUT2D eigenvalue weighted by molar-refractivity contribution is 0.932. The van der Waals surface area contributed by atoms with Gasteiger partial charge in [-0.15, -0.1) is 5.10 Å². The lowest BCUT2D eigenvalue weighted by Gasteiger charge is -2.11. The normalized spacial score (nSPS) is 11.3. The summed E-state index contributed by atoms with van der Waals surface area (Å²) in [5.41, 5.74) is 1.95. The average Bonchev–Trinajstić information content (AvgIpc) is 3.08. The van der Waals surface area contributed by atoms with Gasteiger partial charge in [-0.1, -0.05) is 41.9 Å². The van der Waals surface area contributed by atoms with E-state index in [1.165, 1.54) is 4.52 Å². The Kier molecular flexibility index (Phi) is 4.43. The third-order valence-electron chi connectivity index (χ3n) is 4.01. The van der Waals surface area contributed by atoms with Gasteiger partial charge in [0.1, 0.15) is 0 Å². The van der Waals surface area contributed by atoms with Gasteiger partial charge in [-0.05, 0) is 29.8 Å². The Hall–Kier alpha value is -3.45. The van der Waals surface area contributed by atoms with Gasteiger partial charge in [-0.3, -0.25) is 9.78 Å². The monoisotopic (exact) mass is 378 g/mol. The van der Waals surface area contributed by atoms with Crippen LogP contribution in [-0.2, 0) is 0 Å². The van der Waals surface area contributed by atoms with E-state index in [1.807, 2.05) is 42.3 Å². The molecular formula is C19H15ClN6O. The van der Waals surface area contributed by atoms with Crippen molar-refractivity contribution in [1.82, 2.24) is 19.6 Å². The van der Waals surface area contributed by atoms with Crippen molar-refractivity contribution in [2.24, 2.45) is 4.99 Å². The van der Waals surface area contributed by atoms with E-state index in [0.29, 0.717) is 16.4 Å². The predicted molar refractivity (Wildman–Crippen MR) is 107 cm³/mol. The van der Waals surface area contributed by atoms with Gasteiger partial charge in [0.25, 0.3) is 11.5 Å². The van der Waals surface area contributed by atoms with Crippen molar-refractivity contribution in [2.45, 2.75) is 0 Å². The summed E-state index contributed by atoms with van der Waals surface area (Å²) in [6, 6.07) is 16.8. The van der Waals surface area contributed by atoms with E-state index in [4.69, 9.17) is 11.6 Å². The number of aliphatic imine (C=N–C) groups is 1. The standard InChI is InChI=1S/C19H15ClN6O/c1-25(15-5-3-2-4-6-15)12-21-18-23-19-22-17(27)16(11-26(19)24-18)13-7-9-14(20)10-8-13/h2-12H,1H3,(H,22,23,24,27)/b21-12+. The van der Waals surface area contributed by atoms with Crippen LogP contribution in [0, 0.1) is 0 Å². The SMILES string of the molecule is CN(/C=N/c1nc2[nH]c(=O)c(-c3ccc(Cl)cc3)cn2n1)c1ccccc1. The van der Waals surface area contributed by atoms with Gasteiger partial charge in [-0.25, -0.2) is 9.51 Å². The van der Waals surface area contributed by atoms with Gasteiger partial charge in [0, 0.05) is 24.0 Å². The zero-order chi connectivity index (χ0) is 18.8. The van der Waals surface area contributed by atoms with Crippen LogP contribution in [0.4, 0.5) is 11.6 Å². The van der Waals surface area contributed by atoms with E-state index >= 15 is 0 Å². The highest BCUT2D eigenvalue weighted by Crippen LogP contribution is 2.19. The number of aromatic amines is 1. The average molecular weight is 379 g/mol. The van der Waals surface area contributed by atoms with Crippen molar-refractivity contribution >= 4 is 35.4 Å². The fourth-order valence-corrected chi connectivity index (χ4v) is 2.72. The summed E-state index contributed by atoms with van der Waals surface area (Å²) in [6.07, 6.45) is 3.26.